The summed E-state index contributed by atoms with van der Waals surface area (Å²) in [7, 11) is 0. The summed E-state index contributed by atoms with van der Waals surface area (Å²) in [4.78, 5) is 25.6. The SMILES string of the molecule is NC(=O)c1cccc2c(-c3nc(NCc4ccccc4)c4c(n3)OCCC4)ncn12. The van der Waals surface area contributed by atoms with E-state index in [-0.39, 0.29) is 0 Å². The van der Waals surface area contributed by atoms with Crippen LogP contribution in [0.3, 0.4) is 0 Å². The number of nitrogens with two attached hydrogens (primary N) is 1. The highest BCUT2D eigenvalue weighted by Crippen LogP contribution is 2.32. The van der Waals surface area contributed by atoms with Gasteiger partial charge in [-0.15, -0.1) is 0 Å². The number of nitrogens with one attached hydrogen (secondary N) is 1. The lowest BCUT2D eigenvalue weighted by atomic mass is 10.1. The van der Waals surface area contributed by atoms with Gasteiger partial charge in [0.1, 0.15) is 23.5 Å². The molecule has 1 aliphatic rings. The number of anilines is 1. The number of benzene rings is 1. The molecule has 0 saturated carbocycles. The Balaban J connectivity index is 1.58. The lowest BCUT2D eigenvalue weighted by molar-refractivity contribution is 0.0994. The van der Waals surface area contributed by atoms with Crippen LogP contribution in [0.2, 0.25) is 0 Å². The number of aromatic nitrogens is 4. The number of pyridine rings is 1. The molecule has 30 heavy (non-hydrogen) atoms. The Morgan fingerprint density at radius 1 is 1.13 bits per heavy atom. The molecule has 150 valence electrons. The molecule has 0 aliphatic carbocycles. The van der Waals surface area contributed by atoms with Gasteiger partial charge in [-0.25, -0.2) is 9.97 Å². The maximum absolute atomic E-state index is 11.7. The number of rotatable bonds is 5. The van der Waals surface area contributed by atoms with Gasteiger partial charge in [-0.1, -0.05) is 36.4 Å². The van der Waals surface area contributed by atoms with Crippen LogP contribution < -0.4 is 15.8 Å². The van der Waals surface area contributed by atoms with E-state index in [1.54, 1.807) is 22.9 Å². The molecule has 5 rings (SSSR count). The molecule has 3 aromatic heterocycles. The summed E-state index contributed by atoms with van der Waals surface area (Å²) in [5, 5.41) is 3.43. The Morgan fingerprint density at radius 2 is 2.00 bits per heavy atom. The van der Waals surface area contributed by atoms with Crippen LogP contribution in [-0.2, 0) is 13.0 Å². The van der Waals surface area contributed by atoms with Crippen LogP contribution in [0.15, 0.2) is 54.9 Å². The van der Waals surface area contributed by atoms with Crippen molar-refractivity contribution >= 4 is 17.2 Å². The molecule has 8 heteroatoms. The van der Waals surface area contributed by atoms with Crippen molar-refractivity contribution in [1.29, 1.82) is 0 Å². The molecule has 1 aliphatic heterocycles. The number of imidazole rings is 1. The van der Waals surface area contributed by atoms with Crippen molar-refractivity contribution in [3.63, 3.8) is 0 Å². The zero-order chi connectivity index (χ0) is 20.5. The van der Waals surface area contributed by atoms with Crippen molar-refractivity contribution in [1.82, 2.24) is 19.4 Å². The second kappa shape index (κ2) is 7.47. The van der Waals surface area contributed by atoms with Crippen molar-refractivity contribution in [3.8, 4) is 17.4 Å². The number of carbonyl (C=O) groups excluding carboxylic acids is 1. The van der Waals surface area contributed by atoms with Gasteiger partial charge in [-0.05, 0) is 30.5 Å². The first-order chi connectivity index (χ1) is 14.7. The third-order valence-corrected chi connectivity index (χ3v) is 5.12. The molecule has 0 bridgehead atoms. The molecule has 3 N–H and O–H groups in total. The molecule has 1 aromatic carbocycles. The van der Waals surface area contributed by atoms with Gasteiger partial charge in [0.25, 0.3) is 5.91 Å². The minimum atomic E-state index is -0.524. The second-order valence-electron chi connectivity index (χ2n) is 7.09. The van der Waals surface area contributed by atoms with E-state index in [1.807, 2.05) is 24.3 Å². The van der Waals surface area contributed by atoms with Crippen LogP contribution in [-0.4, -0.2) is 31.9 Å². The van der Waals surface area contributed by atoms with E-state index < -0.39 is 5.91 Å². The van der Waals surface area contributed by atoms with E-state index in [9.17, 15) is 4.79 Å². The number of nitrogens with zero attached hydrogens (tertiary/aromatic N) is 4. The van der Waals surface area contributed by atoms with Crippen molar-refractivity contribution in [3.05, 3.63) is 71.7 Å². The monoisotopic (exact) mass is 400 g/mol. The van der Waals surface area contributed by atoms with Crippen LogP contribution in [0.4, 0.5) is 5.82 Å². The van der Waals surface area contributed by atoms with Gasteiger partial charge >= 0.3 is 0 Å². The minimum Gasteiger partial charge on any atom is -0.477 e. The third kappa shape index (κ3) is 3.22. The molecular formula is C22H20N6O2. The molecule has 0 spiro atoms. The Hall–Kier alpha value is -3.94. The highest BCUT2D eigenvalue weighted by molar-refractivity contribution is 5.92. The number of hydrogen-bond donors (Lipinski definition) is 2. The summed E-state index contributed by atoms with van der Waals surface area (Å²) in [6.07, 6.45) is 3.33. The summed E-state index contributed by atoms with van der Waals surface area (Å²) in [5.74, 6) is 1.24. The Bertz CT molecular complexity index is 1240. The first-order valence-electron chi connectivity index (χ1n) is 9.78. The molecule has 0 fully saturated rings. The molecule has 0 radical (unpaired) electrons. The number of amides is 1. The van der Waals surface area contributed by atoms with Crippen molar-refractivity contribution in [2.75, 3.05) is 11.9 Å². The van der Waals surface area contributed by atoms with Gasteiger partial charge in [0.05, 0.1) is 17.7 Å². The van der Waals surface area contributed by atoms with Crippen LogP contribution in [0.5, 0.6) is 5.88 Å². The number of carbonyl (C=O) groups is 1. The predicted molar refractivity (Wildman–Crippen MR) is 112 cm³/mol. The fourth-order valence-electron chi connectivity index (χ4n) is 3.65. The fraction of sp³-hybridized carbons (Fsp3) is 0.182. The van der Waals surface area contributed by atoms with E-state index in [0.717, 1.165) is 29.8 Å². The first kappa shape index (κ1) is 18.1. The zero-order valence-corrected chi connectivity index (χ0v) is 16.2. The molecule has 4 aromatic rings. The van der Waals surface area contributed by atoms with Crippen LogP contribution in [0.1, 0.15) is 28.0 Å². The number of fused-ring (bicyclic) bond motifs is 2. The van der Waals surface area contributed by atoms with Crippen LogP contribution in [0.25, 0.3) is 17.0 Å². The highest BCUT2D eigenvalue weighted by atomic mass is 16.5. The van der Waals surface area contributed by atoms with E-state index in [2.05, 4.69) is 27.4 Å². The maximum Gasteiger partial charge on any atom is 0.265 e. The average Bonchev–Trinajstić information content (AvgIpc) is 3.22. The van der Waals surface area contributed by atoms with Crippen LogP contribution >= 0.6 is 0 Å². The van der Waals surface area contributed by atoms with Crippen molar-refractivity contribution in [2.45, 2.75) is 19.4 Å². The minimum absolute atomic E-state index is 0.350. The summed E-state index contributed by atoms with van der Waals surface area (Å²) in [6, 6.07) is 15.4. The zero-order valence-electron chi connectivity index (χ0n) is 16.2. The molecule has 0 saturated heterocycles. The lowest BCUT2D eigenvalue weighted by Crippen LogP contribution is -2.15. The van der Waals surface area contributed by atoms with Crippen LogP contribution in [0, 0.1) is 0 Å². The quantitative estimate of drug-likeness (QED) is 0.533. The molecule has 0 atom stereocenters. The van der Waals surface area contributed by atoms with E-state index >= 15 is 0 Å². The van der Waals surface area contributed by atoms with Gasteiger partial charge in [0.2, 0.25) is 5.88 Å². The van der Waals surface area contributed by atoms with Gasteiger partial charge in [-0.3, -0.25) is 9.20 Å². The second-order valence-corrected chi connectivity index (χ2v) is 7.09. The van der Waals surface area contributed by atoms with Crippen molar-refractivity contribution < 1.29 is 9.53 Å². The van der Waals surface area contributed by atoms with E-state index in [1.165, 1.54) is 0 Å². The fourth-order valence-corrected chi connectivity index (χ4v) is 3.65. The van der Waals surface area contributed by atoms with E-state index in [4.69, 9.17) is 15.5 Å². The number of primary amides is 1. The number of ether oxygens (including phenoxy) is 1. The molecular weight excluding hydrogens is 380 g/mol. The molecule has 4 heterocycles. The first-order valence-corrected chi connectivity index (χ1v) is 9.78. The van der Waals surface area contributed by atoms with E-state index in [0.29, 0.717) is 41.8 Å². The van der Waals surface area contributed by atoms with Gasteiger partial charge in [0.15, 0.2) is 5.82 Å². The predicted octanol–water partition coefficient (Wildman–Crippen LogP) is 2.83. The highest BCUT2D eigenvalue weighted by Gasteiger charge is 2.22. The summed E-state index contributed by atoms with van der Waals surface area (Å²) in [5.41, 5.74) is 9.24. The topological polar surface area (TPSA) is 107 Å². The summed E-state index contributed by atoms with van der Waals surface area (Å²) < 4.78 is 7.48. The largest absolute Gasteiger partial charge is 0.477 e. The third-order valence-electron chi connectivity index (χ3n) is 5.12. The summed E-state index contributed by atoms with van der Waals surface area (Å²) >= 11 is 0. The molecule has 1 amide bonds. The Morgan fingerprint density at radius 3 is 2.83 bits per heavy atom. The Kier molecular flexibility index (Phi) is 4.51. The average molecular weight is 400 g/mol. The van der Waals surface area contributed by atoms with Gasteiger partial charge < -0.3 is 15.8 Å². The number of hydrogen-bond acceptors (Lipinski definition) is 6. The Labute approximate surface area is 172 Å². The molecule has 8 nitrogen and oxygen atoms in total. The summed E-state index contributed by atoms with van der Waals surface area (Å²) in [6.45, 7) is 1.26. The smallest absolute Gasteiger partial charge is 0.265 e. The molecule has 0 unspecified atom stereocenters. The van der Waals surface area contributed by atoms with Gasteiger partial charge in [-0.2, -0.15) is 4.98 Å². The van der Waals surface area contributed by atoms with Gasteiger partial charge in [0, 0.05) is 6.54 Å². The normalized spacial score (nSPS) is 12.9. The lowest BCUT2D eigenvalue weighted by Gasteiger charge is -2.20. The standard InChI is InChI=1S/C22H20N6O2/c23-19(29)17-10-4-9-16-18(25-13-28(16)17)21-26-20(15-8-5-11-30-22(15)27-21)24-12-14-6-2-1-3-7-14/h1-4,6-7,9-10,13H,5,8,11-12H2,(H2,23,29)(H,24,26,27). The van der Waals surface area contributed by atoms with Crippen molar-refractivity contribution in [2.24, 2.45) is 5.73 Å². The maximum atomic E-state index is 11.7.